The third-order valence-electron chi connectivity index (χ3n) is 3.86. The van der Waals surface area contributed by atoms with Crippen molar-refractivity contribution in [3.63, 3.8) is 0 Å². The van der Waals surface area contributed by atoms with Crippen molar-refractivity contribution in [2.75, 3.05) is 34.4 Å². The van der Waals surface area contributed by atoms with Crippen LogP contribution in [0.5, 0.6) is 5.75 Å². The largest absolute Gasteiger partial charge is 0.496 e. The predicted octanol–water partition coefficient (Wildman–Crippen LogP) is 3.06. The van der Waals surface area contributed by atoms with Crippen LogP contribution in [0.3, 0.4) is 0 Å². The molecular weight excluding hydrogens is 333 g/mol. The van der Waals surface area contributed by atoms with Gasteiger partial charge in [-0.3, -0.25) is 4.99 Å². The van der Waals surface area contributed by atoms with E-state index < -0.39 is 0 Å². The van der Waals surface area contributed by atoms with Crippen molar-refractivity contribution in [3.8, 4) is 5.75 Å². The second-order valence-corrected chi connectivity index (χ2v) is 5.82. The number of hydrogen-bond acceptors (Lipinski definition) is 3. The molecule has 0 heterocycles. The van der Waals surface area contributed by atoms with Crippen LogP contribution < -0.4 is 10.1 Å². The third kappa shape index (κ3) is 6.04. The van der Waals surface area contributed by atoms with Gasteiger partial charge in [-0.05, 0) is 23.8 Å². The Kier molecular flexibility index (Phi) is 7.89. The number of methoxy groups -OCH3 is 1. The summed E-state index contributed by atoms with van der Waals surface area (Å²) in [5.41, 5.74) is 1.91. The Balaban J connectivity index is 1.74. The van der Waals surface area contributed by atoms with Gasteiger partial charge in [0.05, 0.1) is 20.3 Å². The molecule has 140 valence electrons. The van der Waals surface area contributed by atoms with Crippen molar-refractivity contribution < 1.29 is 13.9 Å². The zero-order chi connectivity index (χ0) is 18.8. The summed E-state index contributed by atoms with van der Waals surface area (Å²) in [6.07, 6.45) is 0. The minimum absolute atomic E-state index is 0.233. The average Bonchev–Trinajstić information content (AvgIpc) is 2.65. The lowest BCUT2D eigenvalue weighted by Gasteiger charge is -2.22. The SMILES string of the molecule is CN=C(NCCOCc1ccccc1OC)N(C)Cc1cccc(F)c1. The van der Waals surface area contributed by atoms with E-state index in [1.54, 1.807) is 20.2 Å². The van der Waals surface area contributed by atoms with Gasteiger partial charge in [-0.25, -0.2) is 4.39 Å². The smallest absolute Gasteiger partial charge is 0.193 e. The van der Waals surface area contributed by atoms with Gasteiger partial charge in [0.1, 0.15) is 11.6 Å². The van der Waals surface area contributed by atoms with Crippen LogP contribution in [0.15, 0.2) is 53.5 Å². The number of hydrogen-bond donors (Lipinski definition) is 1. The van der Waals surface area contributed by atoms with Crippen LogP contribution in [0.1, 0.15) is 11.1 Å². The van der Waals surface area contributed by atoms with Crippen LogP contribution in [-0.2, 0) is 17.9 Å². The number of para-hydroxylation sites is 1. The van der Waals surface area contributed by atoms with E-state index in [-0.39, 0.29) is 5.82 Å². The maximum absolute atomic E-state index is 13.3. The summed E-state index contributed by atoms with van der Waals surface area (Å²) in [7, 11) is 5.29. The summed E-state index contributed by atoms with van der Waals surface area (Å²) in [6, 6.07) is 14.4. The summed E-state index contributed by atoms with van der Waals surface area (Å²) in [5, 5.41) is 3.24. The van der Waals surface area contributed by atoms with E-state index in [2.05, 4.69) is 10.3 Å². The van der Waals surface area contributed by atoms with E-state index >= 15 is 0 Å². The highest BCUT2D eigenvalue weighted by Crippen LogP contribution is 2.17. The Morgan fingerprint density at radius 2 is 2.00 bits per heavy atom. The van der Waals surface area contributed by atoms with Crippen molar-refractivity contribution in [2.24, 2.45) is 4.99 Å². The molecule has 0 unspecified atom stereocenters. The number of nitrogens with one attached hydrogen (secondary N) is 1. The van der Waals surface area contributed by atoms with Gasteiger partial charge in [-0.2, -0.15) is 0 Å². The summed E-state index contributed by atoms with van der Waals surface area (Å²) >= 11 is 0. The Morgan fingerprint density at radius 1 is 1.19 bits per heavy atom. The highest BCUT2D eigenvalue weighted by Gasteiger charge is 2.07. The van der Waals surface area contributed by atoms with Crippen molar-refractivity contribution in [3.05, 3.63) is 65.5 Å². The zero-order valence-corrected chi connectivity index (χ0v) is 15.5. The van der Waals surface area contributed by atoms with Crippen molar-refractivity contribution in [1.82, 2.24) is 10.2 Å². The average molecular weight is 359 g/mol. The first kappa shape index (κ1) is 19.7. The first-order chi connectivity index (χ1) is 12.6. The fraction of sp³-hybridized carbons (Fsp3) is 0.350. The van der Waals surface area contributed by atoms with E-state index in [9.17, 15) is 4.39 Å². The number of aliphatic imine (C=N–C) groups is 1. The van der Waals surface area contributed by atoms with Gasteiger partial charge in [0.2, 0.25) is 0 Å². The van der Waals surface area contributed by atoms with Gasteiger partial charge in [0, 0.05) is 32.7 Å². The number of halogens is 1. The van der Waals surface area contributed by atoms with Crippen molar-refractivity contribution in [1.29, 1.82) is 0 Å². The molecule has 0 aliphatic heterocycles. The molecule has 0 aliphatic rings. The molecule has 0 saturated carbocycles. The van der Waals surface area contributed by atoms with Crippen LogP contribution in [0.25, 0.3) is 0 Å². The number of benzene rings is 2. The van der Waals surface area contributed by atoms with E-state index in [1.807, 2.05) is 42.3 Å². The quantitative estimate of drug-likeness (QED) is 0.447. The van der Waals surface area contributed by atoms with Crippen LogP contribution in [0.2, 0.25) is 0 Å². The molecule has 2 aromatic carbocycles. The van der Waals surface area contributed by atoms with E-state index in [4.69, 9.17) is 9.47 Å². The number of nitrogens with zero attached hydrogens (tertiary/aromatic N) is 2. The minimum atomic E-state index is -0.233. The summed E-state index contributed by atoms with van der Waals surface area (Å²) in [5.74, 6) is 1.32. The van der Waals surface area contributed by atoms with Crippen LogP contribution in [0.4, 0.5) is 4.39 Å². The van der Waals surface area contributed by atoms with Crippen LogP contribution in [0, 0.1) is 5.82 Å². The molecule has 5 nitrogen and oxygen atoms in total. The highest BCUT2D eigenvalue weighted by atomic mass is 19.1. The van der Waals surface area contributed by atoms with E-state index in [0.717, 1.165) is 22.8 Å². The van der Waals surface area contributed by atoms with Gasteiger partial charge in [-0.1, -0.05) is 30.3 Å². The molecule has 2 aromatic rings. The molecule has 6 heteroatoms. The Labute approximate surface area is 154 Å². The van der Waals surface area contributed by atoms with Gasteiger partial charge in [-0.15, -0.1) is 0 Å². The summed E-state index contributed by atoms with van der Waals surface area (Å²) in [6.45, 7) is 2.21. The monoisotopic (exact) mass is 359 g/mol. The topological polar surface area (TPSA) is 46.1 Å². The molecule has 0 spiro atoms. The van der Waals surface area contributed by atoms with Gasteiger partial charge >= 0.3 is 0 Å². The predicted molar refractivity (Wildman–Crippen MR) is 102 cm³/mol. The number of rotatable bonds is 8. The highest BCUT2D eigenvalue weighted by molar-refractivity contribution is 5.79. The molecule has 0 atom stereocenters. The van der Waals surface area contributed by atoms with Gasteiger partial charge in [0.15, 0.2) is 5.96 Å². The maximum atomic E-state index is 13.3. The molecule has 0 aromatic heterocycles. The molecule has 0 radical (unpaired) electrons. The molecule has 0 fully saturated rings. The molecule has 2 rings (SSSR count). The van der Waals surface area contributed by atoms with E-state index in [1.165, 1.54) is 12.1 Å². The zero-order valence-electron chi connectivity index (χ0n) is 15.5. The Bertz CT molecular complexity index is 722. The number of ether oxygens (including phenoxy) is 2. The molecule has 0 saturated heterocycles. The normalized spacial score (nSPS) is 11.3. The van der Waals surface area contributed by atoms with Crippen LogP contribution in [-0.4, -0.2) is 45.2 Å². The standard InChI is InChI=1S/C20H26FN3O2/c1-22-20(24(2)14-16-7-6-9-18(21)13-16)23-11-12-26-15-17-8-4-5-10-19(17)25-3/h4-10,13H,11-12,14-15H2,1-3H3,(H,22,23). The summed E-state index contributed by atoms with van der Waals surface area (Å²) < 4.78 is 24.3. The fourth-order valence-electron chi connectivity index (χ4n) is 2.61. The van der Waals surface area contributed by atoms with E-state index in [0.29, 0.717) is 26.3 Å². The molecule has 0 aliphatic carbocycles. The maximum Gasteiger partial charge on any atom is 0.193 e. The molecule has 0 bridgehead atoms. The number of guanidine groups is 1. The third-order valence-corrected chi connectivity index (χ3v) is 3.86. The first-order valence-corrected chi connectivity index (χ1v) is 8.50. The second-order valence-electron chi connectivity index (χ2n) is 5.82. The lowest BCUT2D eigenvalue weighted by molar-refractivity contribution is 0.123. The fourth-order valence-corrected chi connectivity index (χ4v) is 2.61. The molecular formula is C20H26FN3O2. The molecule has 1 N–H and O–H groups in total. The lowest BCUT2D eigenvalue weighted by Crippen LogP contribution is -2.39. The molecule has 0 amide bonds. The minimum Gasteiger partial charge on any atom is -0.496 e. The Morgan fingerprint density at radius 3 is 2.73 bits per heavy atom. The molecule has 26 heavy (non-hydrogen) atoms. The lowest BCUT2D eigenvalue weighted by atomic mass is 10.2. The van der Waals surface area contributed by atoms with Crippen molar-refractivity contribution >= 4 is 5.96 Å². The van der Waals surface area contributed by atoms with Gasteiger partial charge in [0.25, 0.3) is 0 Å². The first-order valence-electron chi connectivity index (χ1n) is 8.50. The van der Waals surface area contributed by atoms with Crippen molar-refractivity contribution in [2.45, 2.75) is 13.2 Å². The van der Waals surface area contributed by atoms with Crippen LogP contribution >= 0.6 is 0 Å². The Hall–Kier alpha value is -2.60. The summed E-state index contributed by atoms with van der Waals surface area (Å²) in [4.78, 5) is 6.19. The second kappa shape index (κ2) is 10.4. The van der Waals surface area contributed by atoms with Gasteiger partial charge < -0.3 is 19.7 Å².